The van der Waals surface area contributed by atoms with E-state index in [0.717, 1.165) is 49.8 Å². The molecular weight excluding hydrogens is 422 g/mol. The van der Waals surface area contributed by atoms with Gasteiger partial charge in [0.15, 0.2) is 5.65 Å². The van der Waals surface area contributed by atoms with Crippen molar-refractivity contribution in [2.45, 2.75) is 77.0 Å². The summed E-state index contributed by atoms with van der Waals surface area (Å²) in [6, 6.07) is 0. The predicted octanol–water partition coefficient (Wildman–Crippen LogP) is 7.44. The molecule has 1 saturated carbocycles. The van der Waals surface area contributed by atoms with E-state index in [9.17, 15) is 9.90 Å². The number of hydrogen-bond donors (Lipinski definition) is 1. The van der Waals surface area contributed by atoms with Crippen molar-refractivity contribution in [3.8, 4) is 0 Å². The zero-order valence-electron chi connectivity index (χ0n) is 20.2. The Balaban J connectivity index is 1.60. The lowest BCUT2D eigenvalue weighted by Crippen LogP contribution is -2.12. The van der Waals surface area contributed by atoms with Crippen molar-refractivity contribution in [2.75, 3.05) is 0 Å². The number of aromatic nitrogens is 3. The van der Waals surface area contributed by atoms with Gasteiger partial charge in [-0.15, -0.1) is 0 Å². The van der Waals surface area contributed by atoms with Crippen LogP contribution in [0, 0.1) is 0 Å². The Labute approximate surface area is 202 Å². The van der Waals surface area contributed by atoms with Crippen LogP contribution in [-0.4, -0.2) is 25.7 Å². The number of carboxylic acid groups (broad SMARTS) is 1. The van der Waals surface area contributed by atoms with Gasteiger partial charge in [0.1, 0.15) is 5.56 Å². The monoisotopic (exact) mass is 457 g/mol. The summed E-state index contributed by atoms with van der Waals surface area (Å²) < 4.78 is 1.81. The summed E-state index contributed by atoms with van der Waals surface area (Å²) in [7, 11) is 0. The SMILES string of the molecule is C=C(CCC/C(=C\C)c1cnc2c(C(=O)O)cnn2c1C1CCCCCC1)C1=CCC=CC=C1. The van der Waals surface area contributed by atoms with E-state index in [1.54, 1.807) is 0 Å². The number of aromatic carboxylic acids is 1. The summed E-state index contributed by atoms with van der Waals surface area (Å²) in [5.74, 6) is -0.618. The van der Waals surface area contributed by atoms with E-state index in [2.05, 4.69) is 60.0 Å². The second-order valence-electron chi connectivity index (χ2n) is 9.30. The molecule has 178 valence electrons. The van der Waals surface area contributed by atoms with E-state index in [1.165, 1.54) is 48.6 Å². The topological polar surface area (TPSA) is 67.5 Å². The fourth-order valence-electron chi connectivity index (χ4n) is 5.21. The molecular formula is C29H35N3O2. The first-order valence-electron chi connectivity index (χ1n) is 12.6. The molecule has 4 rings (SSSR count). The van der Waals surface area contributed by atoms with E-state index < -0.39 is 5.97 Å². The zero-order valence-corrected chi connectivity index (χ0v) is 20.2. The van der Waals surface area contributed by atoms with Crippen LogP contribution >= 0.6 is 0 Å². The van der Waals surface area contributed by atoms with Crippen LogP contribution in [-0.2, 0) is 0 Å². The molecule has 0 unspecified atom stereocenters. The van der Waals surface area contributed by atoms with E-state index in [0.29, 0.717) is 11.6 Å². The van der Waals surface area contributed by atoms with Crippen LogP contribution in [0.25, 0.3) is 11.2 Å². The molecule has 0 saturated heterocycles. The van der Waals surface area contributed by atoms with Crippen LogP contribution in [0.1, 0.15) is 98.7 Å². The van der Waals surface area contributed by atoms with E-state index in [4.69, 9.17) is 0 Å². The Bertz CT molecular complexity index is 1170. The minimum absolute atomic E-state index is 0.166. The average Bonchev–Trinajstić information content (AvgIpc) is 3.02. The Hall–Kier alpha value is -3.21. The molecule has 0 amide bonds. The lowest BCUT2D eigenvalue weighted by Gasteiger charge is -2.21. The molecule has 34 heavy (non-hydrogen) atoms. The first-order valence-corrected chi connectivity index (χ1v) is 12.6. The fraction of sp³-hybridized carbons (Fsp3) is 0.414. The number of nitrogens with zero attached hydrogens (tertiary/aromatic N) is 3. The van der Waals surface area contributed by atoms with Gasteiger partial charge in [-0.3, -0.25) is 0 Å². The quantitative estimate of drug-likeness (QED) is 0.418. The van der Waals surface area contributed by atoms with Gasteiger partial charge in [0.2, 0.25) is 0 Å². The van der Waals surface area contributed by atoms with Gasteiger partial charge < -0.3 is 5.11 Å². The van der Waals surface area contributed by atoms with Gasteiger partial charge in [-0.1, -0.05) is 68.7 Å². The summed E-state index contributed by atoms with van der Waals surface area (Å²) in [4.78, 5) is 16.3. The van der Waals surface area contributed by atoms with Crippen LogP contribution in [0.4, 0.5) is 0 Å². The van der Waals surface area contributed by atoms with Gasteiger partial charge in [-0.25, -0.2) is 14.3 Å². The van der Waals surface area contributed by atoms with E-state index in [-0.39, 0.29) is 5.56 Å². The third kappa shape index (κ3) is 5.30. The molecule has 2 heterocycles. The zero-order chi connectivity index (χ0) is 23.9. The molecule has 5 nitrogen and oxygen atoms in total. The molecule has 0 aliphatic heterocycles. The van der Waals surface area contributed by atoms with Crippen molar-refractivity contribution < 1.29 is 9.90 Å². The highest BCUT2D eigenvalue weighted by Crippen LogP contribution is 2.37. The molecule has 0 aromatic carbocycles. The number of carboxylic acids is 1. The average molecular weight is 458 g/mol. The Kier molecular flexibility index (Phi) is 7.94. The normalized spacial score (nSPS) is 17.4. The summed E-state index contributed by atoms with van der Waals surface area (Å²) >= 11 is 0. The summed E-state index contributed by atoms with van der Waals surface area (Å²) in [5, 5.41) is 14.1. The van der Waals surface area contributed by atoms with Gasteiger partial charge in [0.25, 0.3) is 0 Å². The number of fused-ring (bicyclic) bond motifs is 1. The molecule has 0 bridgehead atoms. The molecule has 2 aromatic heterocycles. The van der Waals surface area contributed by atoms with Crippen molar-refractivity contribution in [1.29, 1.82) is 0 Å². The predicted molar refractivity (Wildman–Crippen MR) is 138 cm³/mol. The highest BCUT2D eigenvalue weighted by molar-refractivity contribution is 5.94. The molecule has 5 heteroatoms. The molecule has 2 aliphatic carbocycles. The van der Waals surface area contributed by atoms with E-state index in [1.807, 2.05) is 10.7 Å². The third-order valence-corrected chi connectivity index (χ3v) is 7.06. The van der Waals surface area contributed by atoms with Crippen LogP contribution in [0.2, 0.25) is 0 Å². The van der Waals surface area contributed by atoms with Gasteiger partial charge in [-0.05, 0) is 62.2 Å². The Morgan fingerprint density at radius 2 is 1.94 bits per heavy atom. The largest absolute Gasteiger partial charge is 0.477 e. The Morgan fingerprint density at radius 3 is 2.68 bits per heavy atom. The molecule has 1 fully saturated rings. The minimum atomic E-state index is -0.982. The van der Waals surface area contributed by atoms with E-state index >= 15 is 0 Å². The van der Waals surface area contributed by atoms with Crippen molar-refractivity contribution in [2.24, 2.45) is 0 Å². The molecule has 0 atom stereocenters. The van der Waals surface area contributed by atoms with Crippen LogP contribution in [0.5, 0.6) is 0 Å². The second-order valence-corrected chi connectivity index (χ2v) is 9.30. The number of hydrogen-bond acceptors (Lipinski definition) is 3. The summed E-state index contributed by atoms with van der Waals surface area (Å²) in [5.41, 5.74) is 6.51. The first kappa shape index (κ1) is 23.9. The standard InChI is InChI=1S/C29H35N3O2/c1-3-22(18-12-13-21(2)23-14-8-4-5-9-15-23)25-19-30-28-26(29(33)34)20-31-32(28)27(25)24-16-10-6-7-11-17-24/h3-5,8,14-15,19-20,24H,2,6-7,9-13,16-18H2,1H3,(H,33,34)/b22-3+. The molecule has 0 radical (unpaired) electrons. The van der Waals surface area contributed by atoms with Crippen molar-refractivity contribution >= 4 is 17.2 Å². The number of carbonyl (C=O) groups is 1. The van der Waals surface area contributed by atoms with Crippen LogP contribution < -0.4 is 0 Å². The van der Waals surface area contributed by atoms with Gasteiger partial charge in [0, 0.05) is 17.7 Å². The minimum Gasteiger partial charge on any atom is -0.477 e. The lowest BCUT2D eigenvalue weighted by molar-refractivity contribution is 0.0698. The summed E-state index contributed by atoms with van der Waals surface area (Å²) in [6.07, 6.45) is 27.1. The number of allylic oxidation sites excluding steroid dienone is 9. The maximum absolute atomic E-state index is 11.7. The lowest BCUT2D eigenvalue weighted by atomic mass is 9.88. The third-order valence-electron chi connectivity index (χ3n) is 7.06. The van der Waals surface area contributed by atoms with Crippen molar-refractivity contribution in [1.82, 2.24) is 14.6 Å². The first-order chi connectivity index (χ1) is 16.6. The van der Waals surface area contributed by atoms with Crippen LogP contribution in [0.3, 0.4) is 0 Å². The Morgan fingerprint density at radius 1 is 1.15 bits per heavy atom. The molecule has 1 N–H and O–H groups in total. The fourth-order valence-corrected chi connectivity index (χ4v) is 5.21. The van der Waals surface area contributed by atoms with Crippen molar-refractivity contribution in [3.63, 3.8) is 0 Å². The highest BCUT2D eigenvalue weighted by atomic mass is 16.4. The molecule has 2 aromatic rings. The molecule has 0 spiro atoms. The number of rotatable bonds is 8. The maximum Gasteiger partial charge on any atom is 0.341 e. The second kappa shape index (κ2) is 11.3. The van der Waals surface area contributed by atoms with Crippen molar-refractivity contribution in [3.05, 3.63) is 83.4 Å². The molecule has 2 aliphatic rings. The van der Waals surface area contributed by atoms with Gasteiger partial charge in [-0.2, -0.15) is 5.10 Å². The van der Waals surface area contributed by atoms with Gasteiger partial charge >= 0.3 is 5.97 Å². The van der Waals surface area contributed by atoms with Crippen LogP contribution in [0.15, 0.2) is 66.6 Å². The smallest absolute Gasteiger partial charge is 0.341 e. The summed E-state index contributed by atoms with van der Waals surface area (Å²) in [6.45, 7) is 6.41. The maximum atomic E-state index is 11.7. The highest BCUT2D eigenvalue weighted by Gasteiger charge is 2.25. The van der Waals surface area contributed by atoms with Gasteiger partial charge in [0.05, 0.1) is 11.9 Å².